The minimum absolute atomic E-state index is 0.0494. The van der Waals surface area contributed by atoms with Crippen molar-refractivity contribution in [1.29, 1.82) is 0 Å². The fraction of sp³-hybridized carbons (Fsp3) is 0.906. The van der Waals surface area contributed by atoms with Crippen molar-refractivity contribution >= 4 is 40.2 Å². The molecule has 4 aliphatic heterocycles. The summed E-state index contributed by atoms with van der Waals surface area (Å²) in [7, 11) is -11.3. The molecule has 0 bridgehead atoms. The van der Waals surface area contributed by atoms with Gasteiger partial charge in [-0.1, -0.05) is 6.58 Å². The maximum absolute atomic E-state index is 11.6. The molecule has 0 aromatic carbocycles. The van der Waals surface area contributed by atoms with Crippen LogP contribution in [0.1, 0.15) is 32.6 Å². The van der Waals surface area contributed by atoms with Gasteiger partial charge in [-0.25, -0.2) is 4.79 Å². The van der Waals surface area contributed by atoms with E-state index in [1.165, 1.54) is 0 Å². The summed E-state index contributed by atoms with van der Waals surface area (Å²) in [6.45, 7) is 20.0. The van der Waals surface area contributed by atoms with Gasteiger partial charge in [-0.05, 0) is 83.0 Å². The molecule has 0 radical (unpaired) electrons. The predicted octanol–water partition coefficient (Wildman–Crippen LogP) is 3.66. The minimum atomic E-state index is -2.86. The topological polar surface area (TPSA) is 158 Å². The fourth-order valence-corrected chi connectivity index (χ4v) is 29.2. The first-order valence-corrected chi connectivity index (χ1v) is 28.3. The molecule has 0 amide bonds. The number of aliphatic hydroxyl groups excluding tert-OH is 1. The standard InChI is InChI=1S/C32H62O14Si4/c1-27(2)32(34)42-20-28(33)19-35-11-7-15-47(3)43-48(4,16-8-12-36-21-29-24-39-29)45-50(6,18-10-14-38-23-31-26-41-31)46-49(5,44-47)17-9-13-37-22-30-25-40-30/h28-31,33H,1,7-26H2,2-6H3/t28-,29-,30+,31-,47?,48?,49?,50?/m1/s1. The normalized spacial score (nSPS) is 34.1. The van der Waals surface area contributed by atoms with Crippen LogP contribution in [0.15, 0.2) is 12.2 Å². The second kappa shape index (κ2) is 20.3. The SMILES string of the molecule is C=C(C)C(=O)OC[C@H](O)COCCC[Si]1(C)O[Si](C)(CCCOC[C@@H]2CO2)O[Si](C)(CCCOC[C@@H]2CO2)O[Si](C)(CCCOC[C@H]2CO2)O1. The Morgan fingerprint density at radius 2 is 0.960 bits per heavy atom. The van der Waals surface area contributed by atoms with Gasteiger partial charge in [0.1, 0.15) is 31.0 Å². The maximum atomic E-state index is 11.6. The molecular weight excluding hydrogens is 721 g/mol. The van der Waals surface area contributed by atoms with E-state index in [0.29, 0.717) is 58.7 Å². The van der Waals surface area contributed by atoms with Crippen LogP contribution in [0.3, 0.4) is 0 Å². The van der Waals surface area contributed by atoms with Gasteiger partial charge in [0.25, 0.3) is 0 Å². The zero-order chi connectivity index (χ0) is 36.1. The van der Waals surface area contributed by atoms with Crippen LogP contribution in [0.5, 0.6) is 0 Å². The van der Waals surface area contributed by atoms with E-state index in [2.05, 4.69) is 32.8 Å². The quantitative estimate of drug-likeness (QED) is 0.0423. The van der Waals surface area contributed by atoms with Gasteiger partial charge >= 0.3 is 40.2 Å². The lowest BCUT2D eigenvalue weighted by Crippen LogP contribution is -2.67. The van der Waals surface area contributed by atoms with Crippen molar-refractivity contribution in [2.75, 3.05) is 79.3 Å². The third-order valence-corrected chi connectivity index (χ3v) is 27.5. The molecule has 4 unspecified atom stereocenters. The zero-order valence-corrected chi connectivity index (χ0v) is 34.9. The molecule has 0 saturated carbocycles. The van der Waals surface area contributed by atoms with E-state index in [1.54, 1.807) is 6.92 Å². The molecule has 14 nitrogen and oxygen atoms in total. The van der Waals surface area contributed by atoms with E-state index in [4.69, 9.17) is 54.4 Å². The Kier molecular flexibility index (Phi) is 17.2. The summed E-state index contributed by atoms with van der Waals surface area (Å²) in [5.41, 5.74) is 0.284. The second-order valence-corrected chi connectivity index (χ2v) is 28.9. The van der Waals surface area contributed by atoms with Gasteiger partial charge in [-0.15, -0.1) is 0 Å². The highest BCUT2D eigenvalue weighted by Crippen LogP contribution is 2.39. The Hall–Kier alpha value is -0.402. The van der Waals surface area contributed by atoms with E-state index in [9.17, 15) is 9.90 Å². The van der Waals surface area contributed by atoms with E-state index < -0.39 is 46.3 Å². The summed E-state index contributed by atoms with van der Waals surface area (Å²) in [4.78, 5) is 11.6. The van der Waals surface area contributed by atoms with Crippen molar-refractivity contribution < 1.29 is 64.3 Å². The molecule has 0 spiro atoms. The molecule has 8 atom stereocenters. The molecule has 4 aliphatic rings. The third-order valence-electron chi connectivity index (χ3n) is 8.59. The molecule has 0 aromatic rings. The van der Waals surface area contributed by atoms with Gasteiger partial charge < -0.3 is 59.5 Å². The van der Waals surface area contributed by atoms with Gasteiger partial charge in [0.05, 0.1) is 46.2 Å². The van der Waals surface area contributed by atoms with Crippen LogP contribution in [0, 0.1) is 0 Å². The molecule has 50 heavy (non-hydrogen) atoms. The van der Waals surface area contributed by atoms with Crippen LogP contribution in [-0.4, -0.2) is 149 Å². The first-order valence-electron chi connectivity index (χ1n) is 18.3. The van der Waals surface area contributed by atoms with Crippen molar-refractivity contribution in [3.63, 3.8) is 0 Å². The Morgan fingerprint density at radius 1 is 0.640 bits per heavy atom. The molecule has 0 aromatic heterocycles. The minimum Gasteiger partial charge on any atom is -0.460 e. The van der Waals surface area contributed by atoms with Gasteiger partial charge in [0, 0.05) is 32.0 Å². The molecule has 290 valence electrons. The van der Waals surface area contributed by atoms with Gasteiger partial charge in [-0.2, -0.15) is 0 Å². The summed E-state index contributed by atoms with van der Waals surface area (Å²) >= 11 is 0. The molecule has 4 rings (SSSR count). The van der Waals surface area contributed by atoms with Crippen LogP contribution in [0.25, 0.3) is 0 Å². The lowest BCUT2D eigenvalue weighted by Gasteiger charge is -2.50. The van der Waals surface area contributed by atoms with Crippen LogP contribution < -0.4 is 0 Å². The summed E-state index contributed by atoms with van der Waals surface area (Å²) < 4.78 is 73.2. The summed E-state index contributed by atoms with van der Waals surface area (Å²) in [6.07, 6.45) is 2.87. The maximum Gasteiger partial charge on any atom is 0.333 e. The van der Waals surface area contributed by atoms with Gasteiger partial charge in [0.15, 0.2) is 0 Å². The summed E-state index contributed by atoms with van der Waals surface area (Å²) in [6, 6.07) is 2.96. The van der Waals surface area contributed by atoms with Crippen LogP contribution in [-0.2, 0) is 59.2 Å². The molecule has 1 N–H and O–H groups in total. The first-order chi connectivity index (χ1) is 23.8. The number of carbonyl (C=O) groups excluding carboxylic acids is 1. The summed E-state index contributed by atoms with van der Waals surface area (Å²) in [5, 5.41) is 10.2. The zero-order valence-electron chi connectivity index (χ0n) is 30.9. The highest BCUT2D eigenvalue weighted by Gasteiger charge is 2.56. The monoisotopic (exact) mass is 782 g/mol. The van der Waals surface area contributed by atoms with Crippen molar-refractivity contribution in [2.45, 2.75) is 107 Å². The highest BCUT2D eigenvalue weighted by atomic mass is 28.5. The number of hydrogen-bond donors (Lipinski definition) is 1. The fourth-order valence-electron chi connectivity index (χ4n) is 6.00. The molecule has 4 heterocycles. The number of rotatable bonds is 27. The largest absolute Gasteiger partial charge is 0.460 e. The molecule has 4 saturated heterocycles. The number of esters is 1. The second-order valence-electron chi connectivity index (χ2n) is 14.6. The molecule has 18 heteroatoms. The lowest BCUT2D eigenvalue weighted by atomic mass is 10.3. The number of hydrogen-bond acceptors (Lipinski definition) is 14. The van der Waals surface area contributed by atoms with Gasteiger partial charge in [-0.3, -0.25) is 0 Å². The number of epoxide rings is 3. The number of carbonyl (C=O) groups is 1. The van der Waals surface area contributed by atoms with E-state index in [-0.39, 0.29) is 37.1 Å². The summed E-state index contributed by atoms with van der Waals surface area (Å²) in [5.74, 6) is -0.534. The van der Waals surface area contributed by atoms with Gasteiger partial charge in [0.2, 0.25) is 0 Å². The van der Waals surface area contributed by atoms with Crippen molar-refractivity contribution in [3.05, 3.63) is 12.2 Å². The Labute approximate surface area is 302 Å². The van der Waals surface area contributed by atoms with Crippen LogP contribution >= 0.6 is 0 Å². The van der Waals surface area contributed by atoms with Crippen molar-refractivity contribution in [3.8, 4) is 0 Å². The smallest absolute Gasteiger partial charge is 0.333 e. The van der Waals surface area contributed by atoms with Crippen molar-refractivity contribution in [1.82, 2.24) is 0 Å². The van der Waals surface area contributed by atoms with E-state index in [1.807, 2.05) is 0 Å². The number of ether oxygens (including phenoxy) is 8. The number of aliphatic hydroxyl groups is 1. The average Bonchev–Trinajstić information content (AvgIpc) is 3.87. The van der Waals surface area contributed by atoms with E-state index >= 15 is 0 Å². The van der Waals surface area contributed by atoms with Crippen LogP contribution in [0.4, 0.5) is 0 Å². The Balaban J connectivity index is 1.38. The first kappa shape index (κ1) is 42.3. The predicted molar refractivity (Wildman–Crippen MR) is 193 cm³/mol. The molecule has 4 fully saturated rings. The lowest BCUT2D eigenvalue weighted by molar-refractivity contribution is -0.143. The molecule has 0 aliphatic carbocycles. The Bertz CT molecular complexity index is 1010. The Morgan fingerprint density at radius 3 is 1.26 bits per heavy atom. The van der Waals surface area contributed by atoms with Crippen molar-refractivity contribution in [2.24, 2.45) is 0 Å². The third kappa shape index (κ3) is 17.2. The van der Waals surface area contributed by atoms with Crippen LogP contribution in [0.2, 0.25) is 50.4 Å². The average molecular weight is 783 g/mol. The van der Waals surface area contributed by atoms with E-state index in [0.717, 1.165) is 57.2 Å². The highest BCUT2D eigenvalue weighted by molar-refractivity contribution is 6.93. The molecular formula is C32H62O14Si4.